The first-order valence-corrected chi connectivity index (χ1v) is 8.94. The molecule has 0 aromatic carbocycles. The zero-order valence-electron chi connectivity index (χ0n) is 14.2. The molecular formula is C17H19ClN2O4S. The van der Waals surface area contributed by atoms with Gasteiger partial charge in [-0.1, -0.05) is 6.07 Å². The third-order valence-electron chi connectivity index (χ3n) is 3.67. The molecule has 1 N–H and O–H groups in total. The van der Waals surface area contributed by atoms with Crippen molar-refractivity contribution in [3.8, 4) is 0 Å². The minimum absolute atomic E-state index is 0.314. The first kappa shape index (κ1) is 19.2. The average Bonchev–Trinajstić information content (AvgIpc) is 3.14. The van der Waals surface area contributed by atoms with Crippen LogP contribution in [0, 0.1) is 0 Å². The summed E-state index contributed by atoms with van der Waals surface area (Å²) in [6, 6.07) is 3.73. The molecule has 1 atom stereocenters. The number of hydrogen-bond donors (Lipinski definition) is 1. The summed E-state index contributed by atoms with van der Waals surface area (Å²) in [6.45, 7) is 2.17. The molecule has 134 valence electrons. The summed E-state index contributed by atoms with van der Waals surface area (Å²) in [4.78, 5) is 29.9. The molecule has 1 aromatic rings. The minimum atomic E-state index is -0.585. The van der Waals surface area contributed by atoms with Crippen molar-refractivity contribution < 1.29 is 19.1 Å². The zero-order valence-corrected chi connectivity index (χ0v) is 15.7. The molecule has 0 saturated heterocycles. The summed E-state index contributed by atoms with van der Waals surface area (Å²) in [5.41, 5.74) is 1.78. The molecule has 0 bridgehead atoms. The number of thiophene rings is 1. The van der Waals surface area contributed by atoms with Crippen LogP contribution >= 0.6 is 22.9 Å². The number of ether oxygens (including phenoxy) is 2. The molecule has 0 spiro atoms. The van der Waals surface area contributed by atoms with E-state index < -0.39 is 17.9 Å². The Hall–Kier alpha value is -2.12. The second-order valence-corrected chi connectivity index (χ2v) is 6.50. The number of aliphatic imine (C=N–C) groups is 1. The van der Waals surface area contributed by atoms with Crippen molar-refractivity contribution in [2.45, 2.75) is 12.8 Å². The standard InChI is InChI=1S/C17H19ClN2O4S/c1-10-13(16(21)23-2)15(12-5-4-8-25-12)14(17(22)24-3)11(20-10)9-19-7-6-18/h4-5,8-9,15,20H,6-7H2,1-3H3. The van der Waals surface area contributed by atoms with Crippen LogP contribution in [-0.4, -0.2) is 44.8 Å². The highest BCUT2D eigenvalue weighted by Crippen LogP contribution is 2.40. The Morgan fingerprint density at radius 2 is 2.00 bits per heavy atom. The predicted octanol–water partition coefficient (Wildman–Crippen LogP) is 2.62. The van der Waals surface area contributed by atoms with Crippen molar-refractivity contribution in [3.63, 3.8) is 0 Å². The van der Waals surface area contributed by atoms with Gasteiger partial charge in [-0.15, -0.1) is 22.9 Å². The summed E-state index contributed by atoms with van der Waals surface area (Å²) in [7, 11) is 2.62. The molecule has 2 rings (SSSR count). The van der Waals surface area contributed by atoms with E-state index in [1.54, 1.807) is 13.1 Å². The number of halogens is 1. The van der Waals surface area contributed by atoms with Crippen LogP contribution in [-0.2, 0) is 19.1 Å². The van der Waals surface area contributed by atoms with Gasteiger partial charge in [-0.05, 0) is 18.4 Å². The zero-order chi connectivity index (χ0) is 18.4. The molecular weight excluding hydrogens is 364 g/mol. The van der Waals surface area contributed by atoms with Gasteiger partial charge in [0.25, 0.3) is 0 Å². The summed E-state index contributed by atoms with van der Waals surface area (Å²) >= 11 is 7.10. The number of methoxy groups -OCH3 is 2. The lowest BCUT2D eigenvalue weighted by atomic mass is 9.84. The molecule has 0 fully saturated rings. The Balaban J connectivity index is 2.64. The molecule has 0 amide bonds. The quantitative estimate of drug-likeness (QED) is 0.465. The van der Waals surface area contributed by atoms with Gasteiger partial charge in [0, 0.05) is 22.7 Å². The Bertz CT molecular complexity index is 738. The SMILES string of the molecule is COC(=O)C1=C(C)NC(C=NCCCl)=C(C(=O)OC)C1c1cccs1. The van der Waals surface area contributed by atoms with Gasteiger partial charge < -0.3 is 14.8 Å². The van der Waals surface area contributed by atoms with Crippen LogP contribution in [0.15, 0.2) is 45.0 Å². The monoisotopic (exact) mass is 382 g/mol. The summed E-state index contributed by atoms with van der Waals surface area (Å²) < 4.78 is 9.88. The van der Waals surface area contributed by atoms with E-state index in [0.717, 1.165) is 4.88 Å². The van der Waals surface area contributed by atoms with Crippen molar-refractivity contribution in [3.05, 3.63) is 44.9 Å². The molecule has 8 heteroatoms. The van der Waals surface area contributed by atoms with Crippen molar-refractivity contribution >= 4 is 41.1 Å². The lowest BCUT2D eigenvalue weighted by Gasteiger charge is -2.29. The highest BCUT2D eigenvalue weighted by molar-refractivity contribution is 7.10. The summed E-state index contributed by atoms with van der Waals surface area (Å²) in [6.07, 6.45) is 1.55. The van der Waals surface area contributed by atoms with E-state index >= 15 is 0 Å². The second-order valence-electron chi connectivity index (χ2n) is 5.15. The molecule has 0 radical (unpaired) electrons. The van der Waals surface area contributed by atoms with Crippen LogP contribution in [0.2, 0.25) is 0 Å². The van der Waals surface area contributed by atoms with Gasteiger partial charge in [0.2, 0.25) is 0 Å². The van der Waals surface area contributed by atoms with Gasteiger partial charge >= 0.3 is 11.9 Å². The molecule has 6 nitrogen and oxygen atoms in total. The van der Waals surface area contributed by atoms with Crippen LogP contribution in [0.3, 0.4) is 0 Å². The predicted molar refractivity (Wildman–Crippen MR) is 98.0 cm³/mol. The maximum Gasteiger partial charge on any atom is 0.336 e. The van der Waals surface area contributed by atoms with Gasteiger partial charge in [-0.25, -0.2) is 9.59 Å². The van der Waals surface area contributed by atoms with E-state index in [1.165, 1.54) is 25.6 Å². The highest BCUT2D eigenvalue weighted by atomic mass is 35.5. The molecule has 2 heterocycles. The lowest BCUT2D eigenvalue weighted by molar-refractivity contribution is -0.137. The van der Waals surface area contributed by atoms with Crippen LogP contribution in [0.25, 0.3) is 0 Å². The maximum atomic E-state index is 12.5. The summed E-state index contributed by atoms with van der Waals surface area (Å²) in [5.74, 6) is -1.25. The van der Waals surface area contributed by atoms with Crippen LogP contribution in [0.4, 0.5) is 0 Å². The number of dihydropyridines is 1. The largest absolute Gasteiger partial charge is 0.466 e. The third kappa shape index (κ3) is 4.11. The number of hydrogen-bond acceptors (Lipinski definition) is 7. The van der Waals surface area contributed by atoms with Crippen molar-refractivity contribution in [1.82, 2.24) is 5.32 Å². The van der Waals surface area contributed by atoms with Crippen molar-refractivity contribution in [2.75, 3.05) is 26.6 Å². The van der Waals surface area contributed by atoms with Crippen molar-refractivity contribution in [1.29, 1.82) is 0 Å². The highest BCUT2D eigenvalue weighted by Gasteiger charge is 2.38. The number of rotatable bonds is 6. The van der Waals surface area contributed by atoms with Crippen LogP contribution in [0.5, 0.6) is 0 Å². The fourth-order valence-electron chi connectivity index (χ4n) is 2.62. The normalized spacial score (nSPS) is 17.7. The van der Waals surface area contributed by atoms with E-state index in [0.29, 0.717) is 35.0 Å². The smallest absolute Gasteiger partial charge is 0.336 e. The number of nitrogens with one attached hydrogen (secondary N) is 1. The molecule has 25 heavy (non-hydrogen) atoms. The number of carbonyl (C=O) groups is 2. The number of alkyl halides is 1. The first-order chi connectivity index (χ1) is 12.0. The number of nitrogens with zero attached hydrogens (tertiary/aromatic N) is 1. The molecule has 1 aliphatic heterocycles. The van der Waals surface area contributed by atoms with Crippen LogP contribution < -0.4 is 5.32 Å². The minimum Gasteiger partial charge on any atom is -0.466 e. The molecule has 0 saturated carbocycles. The van der Waals surface area contributed by atoms with Gasteiger partial charge in [0.05, 0.1) is 43.5 Å². The fraction of sp³-hybridized carbons (Fsp3) is 0.353. The Kier molecular flexibility index (Phi) is 6.78. The van der Waals surface area contributed by atoms with Gasteiger partial charge in [-0.3, -0.25) is 4.99 Å². The Labute approximate surface area is 155 Å². The molecule has 1 aliphatic rings. The average molecular weight is 383 g/mol. The van der Waals surface area contributed by atoms with Gasteiger partial charge in [0.15, 0.2) is 0 Å². The second kappa shape index (κ2) is 8.82. The van der Waals surface area contributed by atoms with Gasteiger partial charge in [0.1, 0.15) is 0 Å². The molecule has 1 aromatic heterocycles. The van der Waals surface area contributed by atoms with Gasteiger partial charge in [-0.2, -0.15) is 0 Å². The van der Waals surface area contributed by atoms with Crippen LogP contribution in [0.1, 0.15) is 17.7 Å². The van der Waals surface area contributed by atoms with Crippen molar-refractivity contribution in [2.24, 2.45) is 4.99 Å². The lowest BCUT2D eigenvalue weighted by Crippen LogP contribution is -2.33. The van der Waals surface area contributed by atoms with E-state index in [-0.39, 0.29) is 0 Å². The first-order valence-electron chi connectivity index (χ1n) is 7.52. The van der Waals surface area contributed by atoms with E-state index in [4.69, 9.17) is 21.1 Å². The summed E-state index contributed by atoms with van der Waals surface area (Å²) in [5, 5.41) is 4.95. The van der Waals surface area contributed by atoms with E-state index in [2.05, 4.69) is 10.3 Å². The Morgan fingerprint density at radius 1 is 1.32 bits per heavy atom. The number of allylic oxidation sites excluding steroid dienone is 2. The fourth-order valence-corrected chi connectivity index (χ4v) is 3.56. The number of carbonyl (C=O) groups excluding carboxylic acids is 2. The third-order valence-corrected chi connectivity index (χ3v) is 4.77. The Morgan fingerprint density at radius 3 is 2.56 bits per heavy atom. The molecule has 0 aliphatic carbocycles. The van der Waals surface area contributed by atoms with E-state index in [1.807, 2.05) is 17.5 Å². The molecule has 1 unspecified atom stereocenters. The topological polar surface area (TPSA) is 77.0 Å². The van der Waals surface area contributed by atoms with E-state index in [9.17, 15) is 9.59 Å². The number of esters is 2. The maximum absolute atomic E-state index is 12.5.